The van der Waals surface area contributed by atoms with Crippen LogP contribution in [0.4, 0.5) is 0 Å². The normalized spacial score (nSPS) is 25.0. The highest BCUT2D eigenvalue weighted by Crippen LogP contribution is 2.18. The number of esters is 1. The van der Waals surface area contributed by atoms with Gasteiger partial charge in [-0.3, -0.25) is 9.59 Å². The van der Waals surface area contributed by atoms with Gasteiger partial charge < -0.3 is 19.1 Å². The summed E-state index contributed by atoms with van der Waals surface area (Å²) in [5.74, 6) is -0.251. The monoisotopic (exact) mass is 299 g/mol. The molecule has 2 aliphatic heterocycles. The van der Waals surface area contributed by atoms with E-state index in [4.69, 9.17) is 9.47 Å². The van der Waals surface area contributed by atoms with Gasteiger partial charge in [-0.05, 0) is 25.7 Å². The maximum absolute atomic E-state index is 12.4. The summed E-state index contributed by atoms with van der Waals surface area (Å²) in [4.78, 5) is 25.5. The second-order valence-electron chi connectivity index (χ2n) is 5.64. The molecule has 6 nitrogen and oxygen atoms in total. The Labute approximate surface area is 125 Å². The van der Waals surface area contributed by atoms with E-state index >= 15 is 0 Å². The third-order valence-electron chi connectivity index (χ3n) is 4.04. The van der Waals surface area contributed by atoms with E-state index < -0.39 is 0 Å². The third kappa shape index (κ3) is 5.28. The molecule has 0 saturated carbocycles. The molecule has 0 bridgehead atoms. The van der Waals surface area contributed by atoms with E-state index in [1.165, 1.54) is 7.11 Å². The lowest BCUT2D eigenvalue weighted by Gasteiger charge is -2.26. The van der Waals surface area contributed by atoms with Crippen molar-refractivity contribution < 1.29 is 23.8 Å². The Hall–Kier alpha value is -1.14. The van der Waals surface area contributed by atoms with Crippen LogP contribution in [-0.2, 0) is 23.8 Å². The number of rotatable bonds is 7. The Morgan fingerprint density at radius 3 is 2.38 bits per heavy atom. The largest absolute Gasteiger partial charge is 0.469 e. The molecule has 120 valence electrons. The fraction of sp³-hybridized carbons (Fsp3) is 0.867. The lowest BCUT2D eigenvalue weighted by Crippen LogP contribution is -2.40. The van der Waals surface area contributed by atoms with Crippen LogP contribution in [0, 0.1) is 0 Å². The quantitative estimate of drug-likeness (QED) is 0.659. The van der Waals surface area contributed by atoms with Crippen molar-refractivity contribution in [2.24, 2.45) is 0 Å². The van der Waals surface area contributed by atoms with Gasteiger partial charge in [-0.15, -0.1) is 0 Å². The molecule has 0 aliphatic carbocycles. The molecule has 2 heterocycles. The summed E-state index contributed by atoms with van der Waals surface area (Å²) in [7, 11) is 1.36. The fourth-order valence-electron chi connectivity index (χ4n) is 2.81. The Balaban J connectivity index is 1.85. The highest BCUT2D eigenvalue weighted by Gasteiger charge is 2.26. The second kappa shape index (κ2) is 8.34. The van der Waals surface area contributed by atoms with E-state index in [0.29, 0.717) is 19.5 Å². The first-order valence-corrected chi connectivity index (χ1v) is 7.77. The number of amides is 1. The highest BCUT2D eigenvalue weighted by atomic mass is 16.5. The lowest BCUT2D eigenvalue weighted by molar-refractivity contribution is -0.142. The fourth-order valence-corrected chi connectivity index (χ4v) is 2.81. The summed E-state index contributed by atoms with van der Waals surface area (Å²) in [5, 5.41) is 0. The van der Waals surface area contributed by atoms with Gasteiger partial charge in [-0.1, -0.05) is 0 Å². The zero-order chi connectivity index (χ0) is 15.1. The van der Waals surface area contributed by atoms with Crippen LogP contribution in [0.2, 0.25) is 0 Å². The summed E-state index contributed by atoms with van der Waals surface area (Å²) in [6.45, 7) is 2.45. The SMILES string of the molecule is COC(=O)CCN(CC1CCCO1)C(=O)CC1CCCO1. The van der Waals surface area contributed by atoms with Gasteiger partial charge in [0.15, 0.2) is 0 Å². The summed E-state index contributed by atoms with van der Waals surface area (Å²) >= 11 is 0. The Morgan fingerprint density at radius 1 is 1.14 bits per heavy atom. The van der Waals surface area contributed by atoms with Crippen molar-refractivity contribution in [1.82, 2.24) is 4.90 Å². The average molecular weight is 299 g/mol. The molecule has 2 rings (SSSR count). The van der Waals surface area contributed by atoms with Crippen LogP contribution in [0.25, 0.3) is 0 Å². The van der Waals surface area contributed by atoms with Crippen molar-refractivity contribution in [2.75, 3.05) is 33.4 Å². The minimum Gasteiger partial charge on any atom is -0.469 e. The van der Waals surface area contributed by atoms with Crippen molar-refractivity contribution in [1.29, 1.82) is 0 Å². The van der Waals surface area contributed by atoms with Crippen LogP contribution < -0.4 is 0 Å². The molecule has 0 aromatic rings. The molecule has 0 radical (unpaired) electrons. The average Bonchev–Trinajstić information content (AvgIpc) is 3.16. The molecule has 2 atom stereocenters. The van der Waals surface area contributed by atoms with Gasteiger partial charge in [0, 0.05) is 26.3 Å². The smallest absolute Gasteiger partial charge is 0.307 e. The first-order chi connectivity index (χ1) is 10.2. The topological polar surface area (TPSA) is 65.1 Å². The number of ether oxygens (including phenoxy) is 3. The molecular weight excluding hydrogens is 274 g/mol. The first-order valence-electron chi connectivity index (χ1n) is 7.77. The number of carbonyl (C=O) groups excluding carboxylic acids is 2. The molecule has 6 heteroatoms. The lowest BCUT2D eigenvalue weighted by atomic mass is 10.1. The molecule has 2 fully saturated rings. The minimum absolute atomic E-state index is 0.0302. The van der Waals surface area contributed by atoms with Gasteiger partial charge in [0.2, 0.25) is 5.91 Å². The number of hydrogen-bond donors (Lipinski definition) is 0. The molecule has 0 spiro atoms. The number of carbonyl (C=O) groups is 2. The first kappa shape index (κ1) is 16.2. The van der Waals surface area contributed by atoms with Crippen molar-refractivity contribution >= 4 is 11.9 Å². The summed E-state index contributed by atoms with van der Waals surface area (Å²) in [6.07, 6.45) is 4.72. The number of nitrogens with zero attached hydrogens (tertiary/aromatic N) is 1. The van der Waals surface area contributed by atoms with Gasteiger partial charge in [0.25, 0.3) is 0 Å². The summed E-state index contributed by atoms with van der Waals surface area (Å²) < 4.78 is 15.8. The van der Waals surface area contributed by atoms with E-state index in [2.05, 4.69) is 4.74 Å². The van der Waals surface area contributed by atoms with Crippen LogP contribution in [0.1, 0.15) is 38.5 Å². The van der Waals surface area contributed by atoms with E-state index in [1.807, 2.05) is 0 Å². The van der Waals surface area contributed by atoms with Crippen molar-refractivity contribution in [3.05, 3.63) is 0 Å². The molecular formula is C15H25NO5. The Morgan fingerprint density at radius 2 is 1.81 bits per heavy atom. The predicted molar refractivity (Wildman–Crippen MR) is 75.8 cm³/mol. The van der Waals surface area contributed by atoms with Crippen LogP contribution in [0.3, 0.4) is 0 Å². The zero-order valence-electron chi connectivity index (χ0n) is 12.7. The van der Waals surface area contributed by atoms with Crippen LogP contribution in [0.15, 0.2) is 0 Å². The van der Waals surface area contributed by atoms with Gasteiger partial charge in [-0.2, -0.15) is 0 Å². The standard InChI is InChI=1S/C15H25NO5/c1-19-15(18)6-7-16(11-13-5-3-9-21-13)14(17)10-12-4-2-8-20-12/h12-13H,2-11H2,1H3. The molecule has 2 saturated heterocycles. The van der Waals surface area contributed by atoms with Crippen molar-refractivity contribution in [2.45, 2.75) is 50.7 Å². The maximum Gasteiger partial charge on any atom is 0.307 e. The molecule has 2 aliphatic rings. The van der Waals surface area contributed by atoms with Gasteiger partial charge >= 0.3 is 5.97 Å². The predicted octanol–water partition coefficient (Wildman–Crippen LogP) is 1.13. The van der Waals surface area contributed by atoms with E-state index in [0.717, 1.165) is 38.9 Å². The number of hydrogen-bond acceptors (Lipinski definition) is 5. The summed E-state index contributed by atoms with van der Waals surface area (Å²) in [6, 6.07) is 0. The van der Waals surface area contributed by atoms with Crippen LogP contribution >= 0.6 is 0 Å². The highest BCUT2D eigenvalue weighted by molar-refractivity contribution is 5.77. The van der Waals surface area contributed by atoms with Gasteiger partial charge in [-0.25, -0.2) is 0 Å². The third-order valence-corrected chi connectivity index (χ3v) is 4.04. The van der Waals surface area contributed by atoms with E-state index in [-0.39, 0.29) is 30.5 Å². The van der Waals surface area contributed by atoms with Crippen LogP contribution in [-0.4, -0.2) is 62.4 Å². The van der Waals surface area contributed by atoms with Crippen LogP contribution in [0.5, 0.6) is 0 Å². The zero-order valence-corrected chi connectivity index (χ0v) is 12.7. The molecule has 1 amide bonds. The van der Waals surface area contributed by atoms with Crippen molar-refractivity contribution in [3.63, 3.8) is 0 Å². The molecule has 21 heavy (non-hydrogen) atoms. The van der Waals surface area contributed by atoms with E-state index in [1.54, 1.807) is 4.90 Å². The van der Waals surface area contributed by atoms with Gasteiger partial charge in [0.1, 0.15) is 0 Å². The number of methoxy groups -OCH3 is 1. The molecule has 0 aromatic heterocycles. The molecule has 2 unspecified atom stereocenters. The maximum atomic E-state index is 12.4. The Bertz CT molecular complexity index is 348. The Kier molecular flexibility index (Phi) is 6.45. The van der Waals surface area contributed by atoms with Crippen molar-refractivity contribution in [3.8, 4) is 0 Å². The van der Waals surface area contributed by atoms with E-state index in [9.17, 15) is 9.59 Å². The summed E-state index contributed by atoms with van der Waals surface area (Å²) in [5.41, 5.74) is 0. The minimum atomic E-state index is -0.294. The second-order valence-corrected chi connectivity index (χ2v) is 5.64. The molecule has 0 N–H and O–H groups in total. The molecule has 0 aromatic carbocycles. The van der Waals surface area contributed by atoms with Gasteiger partial charge in [0.05, 0.1) is 32.2 Å².